The lowest BCUT2D eigenvalue weighted by atomic mass is 9.98. The van der Waals surface area contributed by atoms with E-state index in [1.54, 1.807) is 42.5 Å². The maximum absolute atomic E-state index is 14.0. The number of amides is 4. The number of hydrogen-bond donors (Lipinski definition) is 4. The number of aromatic amines is 2. The number of likely N-dealkylation sites (tertiary alicyclic amines) is 2. The highest BCUT2D eigenvalue weighted by Gasteiger charge is 2.39. The van der Waals surface area contributed by atoms with Crippen molar-refractivity contribution in [2.75, 3.05) is 34.4 Å². The molecule has 4 N–H and O–H groups in total. The second-order valence-corrected chi connectivity index (χ2v) is 16.3. The molecular weight excluding hydrogens is 801 g/mol. The molecule has 1 unspecified atom stereocenters. The molecule has 2 aromatic heterocycles. The van der Waals surface area contributed by atoms with Crippen LogP contribution in [0, 0.1) is 5.92 Å². The van der Waals surface area contributed by atoms with Gasteiger partial charge in [0.05, 0.1) is 57.2 Å². The Morgan fingerprint density at radius 3 is 1.71 bits per heavy atom. The van der Waals surface area contributed by atoms with Crippen LogP contribution in [0.5, 0.6) is 5.75 Å². The number of ether oxygens (including phenoxy) is 3. The molecule has 2 aliphatic heterocycles. The van der Waals surface area contributed by atoms with Crippen LogP contribution >= 0.6 is 0 Å². The van der Waals surface area contributed by atoms with E-state index >= 15 is 0 Å². The van der Waals surface area contributed by atoms with Gasteiger partial charge in [-0.1, -0.05) is 74.5 Å². The molecule has 0 bridgehead atoms. The molecule has 0 aliphatic carbocycles. The second kappa shape index (κ2) is 18.4. The molecule has 2 fully saturated rings. The molecule has 2 saturated heterocycles. The normalized spacial score (nSPS) is 17.1. The van der Waals surface area contributed by atoms with Crippen molar-refractivity contribution in [3.8, 4) is 39.4 Å². The van der Waals surface area contributed by atoms with Crippen LogP contribution in [0.2, 0.25) is 0 Å². The molecule has 4 aromatic carbocycles. The third kappa shape index (κ3) is 8.94. The second-order valence-electron chi connectivity index (χ2n) is 16.3. The van der Waals surface area contributed by atoms with Gasteiger partial charge in [0.25, 0.3) is 5.91 Å². The average molecular weight is 853 g/mol. The third-order valence-corrected chi connectivity index (χ3v) is 12.1. The monoisotopic (exact) mass is 852 g/mol. The summed E-state index contributed by atoms with van der Waals surface area (Å²) in [5.41, 5.74) is 6.41. The molecule has 15 heteroatoms. The number of hydrogen-bond acceptors (Lipinski definition) is 9. The quantitative estimate of drug-likeness (QED) is 0.0945. The molecule has 4 atom stereocenters. The van der Waals surface area contributed by atoms with Gasteiger partial charge < -0.3 is 44.6 Å². The smallest absolute Gasteiger partial charge is 0.407 e. The number of fused-ring (bicyclic) bond motifs is 1. The van der Waals surface area contributed by atoms with Crippen LogP contribution in [-0.2, 0) is 19.1 Å². The Balaban J connectivity index is 0.941. The molecule has 0 spiro atoms. The highest BCUT2D eigenvalue weighted by molar-refractivity contribution is 5.91. The molecule has 4 heterocycles. The molecule has 326 valence electrons. The van der Waals surface area contributed by atoms with E-state index in [2.05, 4.69) is 81.3 Å². The number of nitrogens with zero attached hydrogens (tertiary/aromatic N) is 4. The fraction of sp³-hybridized carbons (Fsp3) is 0.333. The van der Waals surface area contributed by atoms with E-state index in [9.17, 15) is 19.2 Å². The zero-order chi connectivity index (χ0) is 44.2. The minimum absolute atomic E-state index is 0.111. The molecule has 2 aliphatic rings. The van der Waals surface area contributed by atoms with E-state index in [0.29, 0.717) is 30.2 Å². The molecule has 6 aromatic rings. The molecule has 15 nitrogen and oxygen atoms in total. The van der Waals surface area contributed by atoms with Gasteiger partial charge in [-0.3, -0.25) is 9.59 Å². The zero-order valence-electron chi connectivity index (χ0n) is 36.0. The van der Waals surface area contributed by atoms with Crippen molar-refractivity contribution in [1.82, 2.24) is 40.4 Å². The first-order valence-electron chi connectivity index (χ1n) is 21.2. The lowest BCUT2D eigenvalue weighted by Crippen LogP contribution is -2.51. The number of carbonyl (C=O) groups is 4. The minimum Gasteiger partial charge on any atom is -0.497 e. The standard InChI is InChI=1S/C48H52N8O7/c1-28(2)41(53-47(59)62-4)45(57)55-22-6-8-39(55)44-50-27-38(52-44)35-17-16-33-24-32(14-15-34(33)25-35)29-10-12-30(13-11-29)37-26-49-43(51-37)40-9-7-23-56(40)46(58)42(54-48(60)63-5)31-18-20-36(61-3)21-19-31/h10-21,24-28,39-42H,6-9,22-23H2,1-5H3,(H,49,51)(H,50,52)(H,53,59)(H,54,60)/t39-,40-,41?,42-/m0/s1. The van der Waals surface area contributed by atoms with Crippen molar-refractivity contribution in [2.24, 2.45) is 5.92 Å². The number of methoxy groups -OCH3 is 3. The van der Waals surface area contributed by atoms with Gasteiger partial charge >= 0.3 is 12.2 Å². The molecule has 63 heavy (non-hydrogen) atoms. The first-order chi connectivity index (χ1) is 30.5. The summed E-state index contributed by atoms with van der Waals surface area (Å²) in [5.74, 6) is 1.56. The number of rotatable bonds is 12. The Morgan fingerprint density at radius 2 is 1.14 bits per heavy atom. The lowest BCUT2D eigenvalue weighted by Gasteiger charge is -2.30. The highest BCUT2D eigenvalue weighted by Crippen LogP contribution is 2.36. The SMILES string of the molecule is COC(=O)NC(C(=O)N1CCC[C@H]1c1ncc(-c2ccc3cc(-c4ccc(-c5cnc([C@@H]6CCCN6C(=O)[C@@H](NC(=O)OC)c6ccc(OC)cc6)[nH]5)cc4)ccc3c2)[nH]1)C(C)C. The Labute approximate surface area is 365 Å². The average Bonchev–Trinajstić information content (AvgIpc) is 4.17. The highest BCUT2D eigenvalue weighted by atomic mass is 16.5. The van der Waals surface area contributed by atoms with Crippen LogP contribution in [0.3, 0.4) is 0 Å². The first-order valence-corrected chi connectivity index (χ1v) is 21.2. The van der Waals surface area contributed by atoms with Crippen molar-refractivity contribution in [3.05, 3.63) is 115 Å². The summed E-state index contributed by atoms with van der Waals surface area (Å²) in [6.45, 7) is 4.92. The molecule has 0 radical (unpaired) electrons. The number of benzene rings is 4. The Morgan fingerprint density at radius 1 is 0.635 bits per heavy atom. The van der Waals surface area contributed by atoms with Crippen molar-refractivity contribution >= 4 is 34.8 Å². The van der Waals surface area contributed by atoms with Crippen molar-refractivity contribution in [2.45, 2.75) is 63.7 Å². The van der Waals surface area contributed by atoms with Crippen molar-refractivity contribution in [3.63, 3.8) is 0 Å². The summed E-state index contributed by atoms with van der Waals surface area (Å²) in [4.78, 5) is 71.9. The van der Waals surface area contributed by atoms with Crippen molar-refractivity contribution < 1.29 is 33.4 Å². The summed E-state index contributed by atoms with van der Waals surface area (Å²) in [6, 6.07) is 25.9. The van der Waals surface area contributed by atoms with Gasteiger partial charge in [0.2, 0.25) is 5.91 Å². The minimum atomic E-state index is -0.941. The molecule has 4 amide bonds. The summed E-state index contributed by atoms with van der Waals surface area (Å²) in [5, 5.41) is 7.59. The first kappa shape index (κ1) is 42.5. The number of nitrogens with one attached hydrogen (secondary N) is 4. The van der Waals surface area contributed by atoms with Gasteiger partial charge in [-0.15, -0.1) is 0 Å². The Hall–Kier alpha value is -7.16. The molecule has 0 saturated carbocycles. The van der Waals surface area contributed by atoms with E-state index in [-0.39, 0.29) is 29.8 Å². The molecule has 8 rings (SSSR count). The number of imidazole rings is 2. The van der Waals surface area contributed by atoms with Gasteiger partial charge in [-0.05, 0) is 88.9 Å². The predicted octanol–water partition coefficient (Wildman–Crippen LogP) is 8.10. The number of carbonyl (C=O) groups excluding carboxylic acids is 4. The zero-order valence-corrected chi connectivity index (χ0v) is 36.0. The van der Waals surface area contributed by atoms with E-state index in [0.717, 1.165) is 75.9 Å². The number of aromatic nitrogens is 4. The van der Waals surface area contributed by atoms with Crippen LogP contribution in [-0.4, -0.2) is 94.2 Å². The van der Waals surface area contributed by atoms with Gasteiger partial charge in [-0.25, -0.2) is 19.6 Å². The van der Waals surface area contributed by atoms with Gasteiger partial charge in [0.15, 0.2) is 0 Å². The summed E-state index contributed by atoms with van der Waals surface area (Å²) >= 11 is 0. The van der Waals surface area contributed by atoms with Gasteiger partial charge in [0, 0.05) is 18.7 Å². The topological polar surface area (TPSA) is 184 Å². The lowest BCUT2D eigenvalue weighted by molar-refractivity contribution is -0.135. The number of alkyl carbamates (subject to hydrolysis) is 2. The van der Waals surface area contributed by atoms with Crippen LogP contribution in [0.1, 0.15) is 74.9 Å². The van der Waals surface area contributed by atoms with Crippen LogP contribution in [0.4, 0.5) is 9.59 Å². The number of H-pyrrole nitrogens is 2. The third-order valence-electron chi connectivity index (χ3n) is 12.1. The van der Waals surface area contributed by atoms with Crippen molar-refractivity contribution in [1.29, 1.82) is 0 Å². The van der Waals surface area contributed by atoms with Crippen LogP contribution in [0.25, 0.3) is 44.4 Å². The Bertz CT molecular complexity index is 2600. The summed E-state index contributed by atoms with van der Waals surface area (Å²) in [7, 11) is 4.13. The van der Waals surface area contributed by atoms with Crippen LogP contribution in [0.15, 0.2) is 97.3 Å². The van der Waals surface area contributed by atoms with E-state index in [4.69, 9.17) is 24.2 Å². The van der Waals surface area contributed by atoms with E-state index in [1.807, 2.05) is 24.9 Å². The van der Waals surface area contributed by atoms with E-state index < -0.39 is 24.3 Å². The fourth-order valence-corrected chi connectivity index (χ4v) is 8.67. The maximum atomic E-state index is 14.0. The summed E-state index contributed by atoms with van der Waals surface area (Å²) < 4.78 is 14.9. The van der Waals surface area contributed by atoms with E-state index in [1.165, 1.54) is 14.2 Å². The fourth-order valence-electron chi connectivity index (χ4n) is 8.67. The molecular formula is C48H52N8O7. The maximum Gasteiger partial charge on any atom is 0.407 e. The predicted molar refractivity (Wildman–Crippen MR) is 237 cm³/mol. The van der Waals surface area contributed by atoms with Gasteiger partial charge in [-0.2, -0.15) is 0 Å². The van der Waals surface area contributed by atoms with Gasteiger partial charge in [0.1, 0.15) is 29.5 Å². The Kier molecular flexibility index (Phi) is 12.4. The largest absolute Gasteiger partial charge is 0.497 e. The summed E-state index contributed by atoms with van der Waals surface area (Å²) in [6.07, 6.45) is 5.44. The van der Waals surface area contributed by atoms with Crippen LogP contribution < -0.4 is 15.4 Å².